The van der Waals surface area contributed by atoms with Crippen molar-refractivity contribution in [3.63, 3.8) is 0 Å². The van der Waals surface area contributed by atoms with E-state index in [4.69, 9.17) is 0 Å². The van der Waals surface area contributed by atoms with Crippen molar-refractivity contribution in [1.82, 2.24) is 4.98 Å². The fourth-order valence-electron chi connectivity index (χ4n) is 1.41. The number of halogens is 1. The number of rotatable bonds is 2. The summed E-state index contributed by atoms with van der Waals surface area (Å²) in [5.74, 6) is -0.558. The molecule has 1 aromatic carbocycles. The number of nitrogens with one attached hydrogen (secondary N) is 1. The van der Waals surface area contributed by atoms with Gasteiger partial charge in [-0.25, -0.2) is 4.39 Å². The number of ketones is 1. The molecule has 0 saturated carbocycles. The lowest BCUT2D eigenvalue weighted by Gasteiger charge is -1.93. The molecule has 2 aromatic rings. The fraction of sp³-hybridized carbons (Fsp3) is 0. The molecule has 0 saturated heterocycles. The van der Waals surface area contributed by atoms with Gasteiger partial charge in [-0.3, -0.25) is 4.79 Å². The standard InChI is InChI=1S/C11H8FNO/c1-2-11(14)9-6-13-10-4-3-7(12)5-8(9)10/h2-6,13H,1H2. The molecule has 2 rings (SSSR count). The van der Waals surface area contributed by atoms with Crippen LogP contribution < -0.4 is 0 Å². The van der Waals surface area contributed by atoms with Gasteiger partial charge in [0.1, 0.15) is 5.82 Å². The van der Waals surface area contributed by atoms with E-state index in [2.05, 4.69) is 11.6 Å². The van der Waals surface area contributed by atoms with Crippen molar-refractivity contribution in [2.24, 2.45) is 0 Å². The molecule has 0 aliphatic rings. The molecular formula is C11H8FNO. The van der Waals surface area contributed by atoms with Crippen LogP contribution in [0.1, 0.15) is 10.4 Å². The highest BCUT2D eigenvalue weighted by atomic mass is 19.1. The molecule has 0 radical (unpaired) electrons. The lowest BCUT2D eigenvalue weighted by Crippen LogP contribution is -1.91. The number of H-pyrrole nitrogens is 1. The monoisotopic (exact) mass is 189 g/mol. The summed E-state index contributed by atoms with van der Waals surface area (Å²) in [6, 6.07) is 4.29. The first-order chi connectivity index (χ1) is 6.72. The zero-order valence-corrected chi connectivity index (χ0v) is 7.38. The summed E-state index contributed by atoms with van der Waals surface area (Å²) in [5, 5.41) is 0.593. The molecule has 2 nitrogen and oxygen atoms in total. The molecule has 0 bridgehead atoms. The summed E-state index contributed by atoms with van der Waals surface area (Å²) < 4.78 is 12.9. The Labute approximate surface area is 80.1 Å². The molecular weight excluding hydrogens is 181 g/mol. The third-order valence-corrected chi connectivity index (χ3v) is 2.09. The van der Waals surface area contributed by atoms with Crippen LogP contribution in [0.2, 0.25) is 0 Å². The zero-order valence-electron chi connectivity index (χ0n) is 7.38. The van der Waals surface area contributed by atoms with Crippen LogP contribution in [-0.4, -0.2) is 10.8 Å². The van der Waals surface area contributed by atoms with Crippen molar-refractivity contribution in [2.45, 2.75) is 0 Å². The molecule has 1 N–H and O–H groups in total. The largest absolute Gasteiger partial charge is 0.360 e. The summed E-state index contributed by atoms with van der Waals surface area (Å²) in [4.78, 5) is 14.2. The number of hydrogen-bond donors (Lipinski definition) is 1. The van der Waals surface area contributed by atoms with E-state index in [0.717, 1.165) is 5.52 Å². The Balaban J connectivity index is 2.72. The van der Waals surface area contributed by atoms with E-state index >= 15 is 0 Å². The summed E-state index contributed by atoms with van der Waals surface area (Å²) in [6.45, 7) is 3.39. The molecule has 0 aliphatic heterocycles. The van der Waals surface area contributed by atoms with Crippen molar-refractivity contribution in [3.8, 4) is 0 Å². The molecule has 0 amide bonds. The van der Waals surface area contributed by atoms with E-state index < -0.39 is 0 Å². The summed E-state index contributed by atoms with van der Waals surface area (Å²) in [7, 11) is 0. The van der Waals surface area contributed by atoms with Crippen molar-refractivity contribution < 1.29 is 9.18 Å². The SMILES string of the molecule is C=CC(=O)c1c[nH]c2ccc(F)cc12. The second-order valence-corrected chi connectivity index (χ2v) is 2.96. The van der Waals surface area contributed by atoms with Crippen molar-refractivity contribution >= 4 is 16.7 Å². The van der Waals surface area contributed by atoms with Crippen molar-refractivity contribution in [3.05, 3.63) is 48.4 Å². The second-order valence-electron chi connectivity index (χ2n) is 2.96. The van der Waals surface area contributed by atoms with Crippen molar-refractivity contribution in [1.29, 1.82) is 0 Å². The fourth-order valence-corrected chi connectivity index (χ4v) is 1.41. The molecule has 1 aromatic heterocycles. The van der Waals surface area contributed by atoms with E-state index in [9.17, 15) is 9.18 Å². The summed E-state index contributed by atoms with van der Waals surface area (Å²) in [5.41, 5.74) is 1.20. The molecule has 3 heteroatoms. The Kier molecular flexibility index (Phi) is 1.93. The minimum absolute atomic E-state index is 0.207. The van der Waals surface area contributed by atoms with E-state index in [-0.39, 0.29) is 11.6 Å². The van der Waals surface area contributed by atoms with Gasteiger partial charge >= 0.3 is 0 Å². The molecule has 70 valence electrons. The van der Waals surface area contributed by atoms with Crippen LogP contribution in [0.25, 0.3) is 10.9 Å². The average Bonchev–Trinajstić information content (AvgIpc) is 2.59. The normalized spacial score (nSPS) is 10.4. The number of allylic oxidation sites excluding steroid dienone is 1. The van der Waals surface area contributed by atoms with Gasteiger partial charge in [-0.1, -0.05) is 6.58 Å². The van der Waals surface area contributed by atoms with Gasteiger partial charge in [0, 0.05) is 22.7 Å². The number of carbonyl (C=O) groups excluding carboxylic acids is 1. The number of hydrogen-bond acceptors (Lipinski definition) is 1. The number of carbonyl (C=O) groups is 1. The predicted octanol–water partition coefficient (Wildman–Crippen LogP) is 2.68. The molecule has 0 unspecified atom stereocenters. The predicted molar refractivity (Wildman–Crippen MR) is 52.8 cm³/mol. The maximum absolute atomic E-state index is 12.9. The Hall–Kier alpha value is -1.90. The highest BCUT2D eigenvalue weighted by Gasteiger charge is 2.09. The quantitative estimate of drug-likeness (QED) is 0.571. The minimum atomic E-state index is -0.352. The molecule has 0 aliphatic carbocycles. The minimum Gasteiger partial charge on any atom is -0.360 e. The van der Waals surface area contributed by atoms with Crippen LogP contribution >= 0.6 is 0 Å². The van der Waals surface area contributed by atoms with E-state index in [1.807, 2.05) is 0 Å². The molecule has 0 atom stereocenters. The molecule has 0 spiro atoms. The maximum Gasteiger partial charge on any atom is 0.187 e. The third kappa shape index (κ3) is 1.23. The van der Waals surface area contributed by atoms with Gasteiger partial charge < -0.3 is 4.98 Å². The van der Waals surface area contributed by atoms with Gasteiger partial charge in [-0.05, 0) is 24.3 Å². The Morgan fingerprint density at radius 2 is 2.29 bits per heavy atom. The Bertz CT molecular complexity index is 513. The van der Waals surface area contributed by atoms with Gasteiger partial charge in [-0.2, -0.15) is 0 Å². The first-order valence-electron chi connectivity index (χ1n) is 4.16. The zero-order chi connectivity index (χ0) is 10.1. The Morgan fingerprint density at radius 1 is 1.50 bits per heavy atom. The van der Waals surface area contributed by atoms with Gasteiger partial charge in [0.05, 0.1) is 0 Å². The second kappa shape index (κ2) is 3.10. The first-order valence-corrected chi connectivity index (χ1v) is 4.16. The van der Waals surface area contributed by atoms with Crippen molar-refractivity contribution in [2.75, 3.05) is 0 Å². The van der Waals surface area contributed by atoms with Crippen LogP contribution in [0.4, 0.5) is 4.39 Å². The lowest BCUT2D eigenvalue weighted by molar-refractivity contribution is 0.104. The van der Waals surface area contributed by atoms with Gasteiger partial charge in [-0.15, -0.1) is 0 Å². The van der Waals surface area contributed by atoms with Crippen LogP contribution in [0.15, 0.2) is 37.1 Å². The van der Waals surface area contributed by atoms with Gasteiger partial charge in [0.2, 0.25) is 0 Å². The van der Waals surface area contributed by atoms with Crippen LogP contribution in [-0.2, 0) is 0 Å². The molecule has 14 heavy (non-hydrogen) atoms. The number of fused-ring (bicyclic) bond motifs is 1. The summed E-state index contributed by atoms with van der Waals surface area (Å²) in [6.07, 6.45) is 2.78. The summed E-state index contributed by atoms with van der Waals surface area (Å²) >= 11 is 0. The van der Waals surface area contributed by atoms with E-state index in [0.29, 0.717) is 10.9 Å². The molecule has 1 heterocycles. The number of aromatic amines is 1. The first kappa shape index (κ1) is 8.69. The average molecular weight is 189 g/mol. The van der Waals surface area contributed by atoms with Crippen LogP contribution in [0, 0.1) is 5.82 Å². The van der Waals surface area contributed by atoms with E-state index in [1.165, 1.54) is 18.2 Å². The van der Waals surface area contributed by atoms with Crippen LogP contribution in [0.5, 0.6) is 0 Å². The highest BCUT2D eigenvalue weighted by molar-refractivity contribution is 6.12. The van der Waals surface area contributed by atoms with Crippen LogP contribution in [0.3, 0.4) is 0 Å². The van der Waals surface area contributed by atoms with Gasteiger partial charge in [0.25, 0.3) is 0 Å². The Morgan fingerprint density at radius 3 is 3.00 bits per heavy atom. The van der Waals surface area contributed by atoms with Gasteiger partial charge in [0.15, 0.2) is 5.78 Å². The molecule has 0 fully saturated rings. The topological polar surface area (TPSA) is 32.9 Å². The van der Waals surface area contributed by atoms with E-state index in [1.54, 1.807) is 12.3 Å². The highest BCUT2D eigenvalue weighted by Crippen LogP contribution is 2.19. The number of benzene rings is 1. The lowest BCUT2D eigenvalue weighted by atomic mass is 10.1. The smallest absolute Gasteiger partial charge is 0.187 e. The third-order valence-electron chi connectivity index (χ3n) is 2.09. The number of aromatic nitrogens is 1. The maximum atomic E-state index is 12.9.